The Hall–Kier alpha value is -2.08. The number of hydrogen-bond acceptors (Lipinski definition) is 3. The van der Waals surface area contributed by atoms with E-state index in [0.29, 0.717) is 16.9 Å². The van der Waals surface area contributed by atoms with Crippen molar-refractivity contribution in [2.45, 2.75) is 6.54 Å². The van der Waals surface area contributed by atoms with Gasteiger partial charge in [-0.05, 0) is 18.2 Å². The monoisotopic (exact) mass is 279 g/mol. The Morgan fingerprint density at radius 1 is 1.26 bits per heavy atom. The fraction of sp³-hybridized carbons (Fsp3) is 0.0769. The van der Waals surface area contributed by atoms with Gasteiger partial charge in [-0.1, -0.05) is 18.3 Å². The quantitative estimate of drug-likeness (QED) is 0.845. The number of nitrogens with two attached hydrogens (primary N) is 1. The Morgan fingerprint density at radius 2 is 2.05 bits per heavy atom. The zero-order valence-corrected chi connectivity index (χ0v) is 10.7. The van der Waals surface area contributed by atoms with E-state index in [2.05, 4.69) is 10.3 Å². The van der Waals surface area contributed by atoms with Crippen LogP contribution in [0.4, 0.5) is 14.5 Å². The third kappa shape index (κ3) is 3.45. The number of thiocarbonyl (C=S) groups is 1. The molecule has 98 valence electrons. The van der Waals surface area contributed by atoms with Gasteiger partial charge in [-0.15, -0.1) is 0 Å². The number of aromatic nitrogens is 1. The minimum Gasteiger partial charge on any atom is -0.388 e. The molecule has 2 aromatic rings. The zero-order chi connectivity index (χ0) is 13.8. The maximum Gasteiger partial charge on any atom is 0.131 e. The highest BCUT2D eigenvalue weighted by molar-refractivity contribution is 7.80. The lowest BCUT2D eigenvalue weighted by atomic mass is 10.2. The summed E-state index contributed by atoms with van der Waals surface area (Å²) >= 11 is 4.82. The summed E-state index contributed by atoms with van der Waals surface area (Å²) in [6.07, 6.45) is 1.55. The van der Waals surface area contributed by atoms with Crippen LogP contribution in [0.2, 0.25) is 0 Å². The second-order valence-electron chi connectivity index (χ2n) is 3.88. The van der Waals surface area contributed by atoms with Crippen molar-refractivity contribution >= 4 is 22.9 Å². The third-order valence-corrected chi connectivity index (χ3v) is 2.72. The van der Waals surface area contributed by atoms with E-state index in [9.17, 15) is 8.78 Å². The molecule has 1 heterocycles. The van der Waals surface area contributed by atoms with Crippen LogP contribution in [-0.2, 0) is 6.54 Å². The smallest absolute Gasteiger partial charge is 0.131 e. The zero-order valence-electron chi connectivity index (χ0n) is 9.86. The van der Waals surface area contributed by atoms with Crippen LogP contribution in [0.15, 0.2) is 36.5 Å². The molecule has 0 amide bonds. The lowest BCUT2D eigenvalue weighted by Gasteiger charge is -2.08. The summed E-state index contributed by atoms with van der Waals surface area (Å²) < 4.78 is 26.2. The Kier molecular flexibility index (Phi) is 4.01. The molecular weight excluding hydrogens is 268 g/mol. The van der Waals surface area contributed by atoms with E-state index in [-0.39, 0.29) is 11.5 Å². The Bertz CT molecular complexity index is 617. The summed E-state index contributed by atoms with van der Waals surface area (Å²) in [4.78, 5) is 4.18. The van der Waals surface area contributed by atoms with Gasteiger partial charge in [0.15, 0.2) is 0 Å². The van der Waals surface area contributed by atoms with Crippen LogP contribution in [-0.4, -0.2) is 9.97 Å². The first kappa shape index (κ1) is 13.4. The lowest BCUT2D eigenvalue weighted by Crippen LogP contribution is -2.12. The van der Waals surface area contributed by atoms with Crippen LogP contribution in [0.25, 0.3) is 0 Å². The number of benzene rings is 1. The Labute approximate surface area is 114 Å². The van der Waals surface area contributed by atoms with E-state index in [0.717, 1.165) is 6.07 Å². The molecule has 1 aromatic heterocycles. The van der Waals surface area contributed by atoms with Crippen molar-refractivity contribution in [1.82, 2.24) is 4.98 Å². The number of rotatable bonds is 4. The van der Waals surface area contributed by atoms with Crippen LogP contribution < -0.4 is 11.1 Å². The number of anilines is 1. The average molecular weight is 279 g/mol. The predicted octanol–water partition coefficient (Wildman–Crippen LogP) is 2.61. The highest BCUT2D eigenvalue weighted by atomic mass is 32.1. The van der Waals surface area contributed by atoms with Crippen LogP contribution in [0.3, 0.4) is 0 Å². The van der Waals surface area contributed by atoms with Gasteiger partial charge in [0, 0.05) is 30.1 Å². The summed E-state index contributed by atoms with van der Waals surface area (Å²) in [6.45, 7) is 0.229. The third-order valence-electron chi connectivity index (χ3n) is 2.51. The maximum atomic E-state index is 13.4. The molecule has 19 heavy (non-hydrogen) atoms. The van der Waals surface area contributed by atoms with E-state index in [4.69, 9.17) is 18.0 Å². The molecule has 0 fully saturated rings. The van der Waals surface area contributed by atoms with Crippen molar-refractivity contribution in [2.75, 3.05) is 5.32 Å². The highest BCUT2D eigenvalue weighted by Gasteiger charge is 2.04. The largest absolute Gasteiger partial charge is 0.388 e. The molecule has 3 N–H and O–H groups in total. The van der Waals surface area contributed by atoms with Crippen LogP contribution >= 0.6 is 12.2 Å². The Morgan fingerprint density at radius 3 is 2.74 bits per heavy atom. The van der Waals surface area contributed by atoms with Crippen molar-refractivity contribution in [2.24, 2.45) is 5.73 Å². The van der Waals surface area contributed by atoms with Crippen LogP contribution in [0.1, 0.15) is 11.3 Å². The van der Waals surface area contributed by atoms with Crippen molar-refractivity contribution in [1.29, 1.82) is 0 Å². The molecule has 0 atom stereocenters. The molecule has 0 radical (unpaired) electrons. The first-order valence-electron chi connectivity index (χ1n) is 5.50. The molecule has 0 saturated carbocycles. The second-order valence-corrected chi connectivity index (χ2v) is 4.32. The van der Waals surface area contributed by atoms with E-state index in [1.54, 1.807) is 18.3 Å². The molecule has 2 rings (SSSR count). The molecule has 1 aromatic carbocycles. The van der Waals surface area contributed by atoms with Gasteiger partial charge in [0.2, 0.25) is 0 Å². The number of nitrogens with one attached hydrogen (secondary N) is 1. The average Bonchev–Trinajstić information content (AvgIpc) is 2.38. The molecule has 0 saturated heterocycles. The molecule has 0 spiro atoms. The Balaban J connectivity index is 2.10. The minimum atomic E-state index is -0.596. The maximum absolute atomic E-state index is 13.4. The summed E-state index contributed by atoms with van der Waals surface area (Å²) in [7, 11) is 0. The van der Waals surface area contributed by atoms with Gasteiger partial charge in [0.25, 0.3) is 0 Å². The molecule has 0 aliphatic rings. The van der Waals surface area contributed by atoms with E-state index < -0.39 is 11.6 Å². The highest BCUT2D eigenvalue weighted by Crippen LogP contribution is 2.13. The minimum absolute atomic E-state index is 0.191. The van der Waals surface area contributed by atoms with Crippen LogP contribution in [0.5, 0.6) is 0 Å². The lowest BCUT2D eigenvalue weighted by molar-refractivity contribution is 0.574. The van der Waals surface area contributed by atoms with E-state index in [1.165, 1.54) is 12.1 Å². The van der Waals surface area contributed by atoms with E-state index >= 15 is 0 Å². The normalized spacial score (nSPS) is 10.2. The summed E-state index contributed by atoms with van der Waals surface area (Å²) in [5.74, 6) is -1.18. The molecular formula is C13H11F2N3S. The fourth-order valence-corrected chi connectivity index (χ4v) is 1.65. The van der Waals surface area contributed by atoms with Gasteiger partial charge in [-0.25, -0.2) is 8.78 Å². The summed E-state index contributed by atoms with van der Waals surface area (Å²) in [5.41, 5.74) is 7.04. The topological polar surface area (TPSA) is 50.9 Å². The van der Waals surface area contributed by atoms with Gasteiger partial charge < -0.3 is 11.1 Å². The van der Waals surface area contributed by atoms with Crippen LogP contribution in [0, 0.1) is 11.6 Å². The van der Waals surface area contributed by atoms with Gasteiger partial charge in [0.05, 0.1) is 5.69 Å². The second kappa shape index (κ2) is 5.71. The van der Waals surface area contributed by atoms with Gasteiger partial charge >= 0.3 is 0 Å². The number of hydrogen-bond donors (Lipinski definition) is 2. The molecule has 0 aliphatic heterocycles. The standard InChI is InChI=1S/C13H11F2N3S/c14-9-2-1-8(11(15)5-9)7-18-10-3-4-17-12(6-10)13(16)19/h1-6H,7H2,(H2,16,19)(H,17,18). The van der Waals surface area contributed by atoms with Gasteiger partial charge in [0.1, 0.15) is 16.6 Å². The van der Waals surface area contributed by atoms with Gasteiger partial charge in [-0.3, -0.25) is 4.98 Å². The van der Waals surface area contributed by atoms with E-state index in [1.807, 2.05) is 0 Å². The number of nitrogens with zero attached hydrogens (tertiary/aromatic N) is 1. The first-order chi connectivity index (χ1) is 9.06. The molecule has 0 bridgehead atoms. The molecule has 0 unspecified atom stereocenters. The first-order valence-corrected chi connectivity index (χ1v) is 5.91. The predicted molar refractivity (Wildman–Crippen MR) is 73.8 cm³/mol. The molecule has 6 heteroatoms. The van der Waals surface area contributed by atoms with Crippen molar-refractivity contribution < 1.29 is 8.78 Å². The SMILES string of the molecule is NC(=S)c1cc(NCc2ccc(F)cc2F)ccn1. The fourth-order valence-electron chi connectivity index (χ4n) is 1.54. The molecule has 0 aliphatic carbocycles. The van der Waals surface area contributed by atoms with Crippen molar-refractivity contribution in [3.8, 4) is 0 Å². The number of halogens is 2. The number of pyridine rings is 1. The van der Waals surface area contributed by atoms with Crippen molar-refractivity contribution in [3.05, 3.63) is 59.4 Å². The molecule has 3 nitrogen and oxygen atoms in total. The summed E-state index contributed by atoms with van der Waals surface area (Å²) in [6, 6.07) is 6.84. The van der Waals surface area contributed by atoms with Gasteiger partial charge in [-0.2, -0.15) is 0 Å². The van der Waals surface area contributed by atoms with Crippen molar-refractivity contribution in [3.63, 3.8) is 0 Å². The summed E-state index contributed by atoms with van der Waals surface area (Å²) in [5, 5.41) is 3.00.